The summed E-state index contributed by atoms with van der Waals surface area (Å²) in [5.41, 5.74) is 7.01. The standard InChI is InChI=1S/C26H30ClN5O6S/c1-15(28)31-10-8-19(9-11-31)38-23-7-5-21-20(25(23)27)13-18(32(21)39(36,37)14-24(34)35)4-2-16-12-17(26(29)30)3-6-22(16)33/h2-7,12,18-19,28,33H,8-11,13-14H2,1H3,(H3,29,30)(H,34,35). The predicted molar refractivity (Wildman–Crippen MR) is 150 cm³/mol. The Morgan fingerprint density at radius 1 is 1.23 bits per heavy atom. The molecule has 1 fully saturated rings. The monoisotopic (exact) mass is 575 g/mol. The van der Waals surface area contributed by atoms with Gasteiger partial charge < -0.3 is 25.6 Å². The molecular formula is C26H30ClN5O6S. The number of nitrogens with one attached hydrogen (secondary N) is 2. The number of carboxylic acids is 1. The Morgan fingerprint density at radius 2 is 1.92 bits per heavy atom. The molecule has 0 saturated carbocycles. The number of nitrogens with two attached hydrogens (primary N) is 1. The second kappa shape index (κ2) is 11.1. The number of sulfonamides is 1. The SMILES string of the molecule is CC(=N)N1CCC(Oc2ccc3c(c2Cl)CC(C=Cc2cc(C(=N)N)ccc2O)N3S(=O)(=O)CC(=O)O)CC1. The Labute approximate surface area is 231 Å². The van der Waals surface area contributed by atoms with Gasteiger partial charge in [-0.2, -0.15) is 0 Å². The lowest BCUT2D eigenvalue weighted by atomic mass is 10.1. The lowest BCUT2D eigenvalue weighted by Crippen LogP contribution is -2.40. The number of aromatic hydroxyl groups is 1. The molecule has 6 N–H and O–H groups in total. The zero-order valence-electron chi connectivity index (χ0n) is 21.2. The smallest absolute Gasteiger partial charge is 0.320 e. The Hall–Kier alpha value is -3.77. The molecule has 39 heavy (non-hydrogen) atoms. The quantitative estimate of drug-likeness (QED) is 0.235. The van der Waals surface area contributed by atoms with Crippen molar-refractivity contribution in [3.05, 3.63) is 58.1 Å². The van der Waals surface area contributed by atoms with Crippen LogP contribution in [0.2, 0.25) is 5.02 Å². The number of likely N-dealkylation sites (tertiary alicyclic amines) is 1. The highest BCUT2D eigenvalue weighted by molar-refractivity contribution is 7.93. The largest absolute Gasteiger partial charge is 0.507 e. The number of hydrogen-bond acceptors (Lipinski definition) is 7. The second-order valence-electron chi connectivity index (χ2n) is 9.53. The van der Waals surface area contributed by atoms with Gasteiger partial charge in [0.1, 0.15) is 23.4 Å². The summed E-state index contributed by atoms with van der Waals surface area (Å²) in [7, 11) is -4.29. The number of ether oxygens (including phenoxy) is 1. The van der Waals surface area contributed by atoms with Gasteiger partial charge in [-0.25, -0.2) is 8.42 Å². The number of fused-ring (bicyclic) bond motifs is 1. The summed E-state index contributed by atoms with van der Waals surface area (Å²) in [6.07, 6.45) is 4.50. The normalized spacial score (nSPS) is 17.8. The molecule has 0 aliphatic carbocycles. The molecule has 1 unspecified atom stereocenters. The van der Waals surface area contributed by atoms with E-state index in [1.807, 2.05) is 4.90 Å². The summed E-state index contributed by atoms with van der Waals surface area (Å²) in [6, 6.07) is 6.70. The van der Waals surface area contributed by atoms with Gasteiger partial charge in [0.25, 0.3) is 0 Å². The number of carbonyl (C=O) groups is 1. The van der Waals surface area contributed by atoms with E-state index < -0.39 is 27.8 Å². The van der Waals surface area contributed by atoms with Crippen molar-refractivity contribution < 1.29 is 28.2 Å². The molecule has 2 aromatic carbocycles. The molecule has 11 nitrogen and oxygen atoms in total. The Balaban J connectivity index is 1.65. The van der Waals surface area contributed by atoms with Crippen LogP contribution in [0.3, 0.4) is 0 Å². The average molecular weight is 576 g/mol. The zero-order chi connectivity index (χ0) is 28.5. The third-order valence-electron chi connectivity index (χ3n) is 6.79. The van der Waals surface area contributed by atoms with E-state index >= 15 is 0 Å². The number of carboxylic acid groups (broad SMARTS) is 1. The van der Waals surface area contributed by atoms with Crippen LogP contribution < -0.4 is 14.8 Å². The average Bonchev–Trinajstić information content (AvgIpc) is 3.25. The maximum Gasteiger partial charge on any atom is 0.320 e. The molecule has 0 bridgehead atoms. The molecule has 0 aromatic heterocycles. The Kier molecular flexibility index (Phi) is 8.07. The fourth-order valence-electron chi connectivity index (χ4n) is 4.84. The van der Waals surface area contributed by atoms with E-state index in [1.165, 1.54) is 24.3 Å². The van der Waals surface area contributed by atoms with Crippen molar-refractivity contribution in [2.24, 2.45) is 5.73 Å². The molecule has 0 spiro atoms. The summed E-state index contributed by atoms with van der Waals surface area (Å²) < 4.78 is 33.5. The Morgan fingerprint density at radius 3 is 2.54 bits per heavy atom. The predicted octanol–water partition coefficient (Wildman–Crippen LogP) is 3.03. The first kappa shape index (κ1) is 28.2. The Bertz CT molecular complexity index is 1450. The number of phenols is 1. The number of nitrogen functional groups attached to an aromatic ring is 1. The summed E-state index contributed by atoms with van der Waals surface area (Å²) >= 11 is 6.73. The summed E-state index contributed by atoms with van der Waals surface area (Å²) in [6.45, 7) is 3.12. The van der Waals surface area contributed by atoms with Crippen LogP contribution in [0.25, 0.3) is 6.08 Å². The molecule has 2 aliphatic heterocycles. The van der Waals surface area contributed by atoms with E-state index in [0.29, 0.717) is 54.2 Å². The molecule has 4 rings (SSSR count). The van der Waals surface area contributed by atoms with Gasteiger partial charge in [-0.05, 0) is 37.3 Å². The summed E-state index contributed by atoms with van der Waals surface area (Å²) in [5.74, 6) is -1.97. The van der Waals surface area contributed by atoms with Crippen molar-refractivity contribution >= 4 is 51.0 Å². The molecule has 208 valence electrons. The van der Waals surface area contributed by atoms with E-state index in [1.54, 1.807) is 25.1 Å². The van der Waals surface area contributed by atoms with Gasteiger partial charge in [0.2, 0.25) is 10.0 Å². The van der Waals surface area contributed by atoms with E-state index in [0.717, 1.165) is 4.31 Å². The molecule has 13 heteroatoms. The number of phenolic OH excluding ortho intramolecular Hbond substituents is 1. The van der Waals surface area contributed by atoms with Crippen molar-refractivity contribution in [3.8, 4) is 11.5 Å². The van der Waals surface area contributed by atoms with Crippen LogP contribution in [0.1, 0.15) is 36.5 Å². The molecule has 1 atom stereocenters. The topological polar surface area (TPSA) is 181 Å². The van der Waals surface area contributed by atoms with Gasteiger partial charge in [0, 0.05) is 49.0 Å². The number of halogens is 1. The molecule has 2 aromatic rings. The number of nitrogens with zero attached hydrogens (tertiary/aromatic N) is 2. The van der Waals surface area contributed by atoms with Crippen LogP contribution in [0, 0.1) is 10.8 Å². The minimum absolute atomic E-state index is 0.0929. The van der Waals surface area contributed by atoms with Crippen LogP contribution in [0.15, 0.2) is 36.4 Å². The van der Waals surface area contributed by atoms with Crippen molar-refractivity contribution in [2.75, 3.05) is 23.1 Å². The number of benzene rings is 2. The van der Waals surface area contributed by atoms with Crippen LogP contribution in [0.4, 0.5) is 5.69 Å². The highest BCUT2D eigenvalue weighted by Gasteiger charge is 2.39. The van der Waals surface area contributed by atoms with Crippen LogP contribution >= 0.6 is 11.6 Å². The van der Waals surface area contributed by atoms with Crippen molar-refractivity contribution in [2.45, 2.75) is 38.3 Å². The van der Waals surface area contributed by atoms with E-state index in [4.69, 9.17) is 32.9 Å². The van der Waals surface area contributed by atoms with Gasteiger partial charge in [-0.3, -0.25) is 19.9 Å². The van der Waals surface area contributed by atoms with Gasteiger partial charge in [0.05, 0.1) is 22.6 Å². The number of piperidine rings is 1. The minimum atomic E-state index is -4.29. The third kappa shape index (κ3) is 6.12. The van der Waals surface area contributed by atoms with E-state index in [9.17, 15) is 23.4 Å². The van der Waals surface area contributed by atoms with Gasteiger partial charge in [-0.15, -0.1) is 0 Å². The van der Waals surface area contributed by atoms with Crippen molar-refractivity contribution in [1.29, 1.82) is 10.8 Å². The van der Waals surface area contributed by atoms with Crippen molar-refractivity contribution in [3.63, 3.8) is 0 Å². The van der Waals surface area contributed by atoms with Gasteiger partial charge >= 0.3 is 5.97 Å². The lowest BCUT2D eigenvalue weighted by Gasteiger charge is -2.33. The highest BCUT2D eigenvalue weighted by atomic mass is 35.5. The molecular weight excluding hydrogens is 546 g/mol. The van der Waals surface area contributed by atoms with E-state index in [2.05, 4.69) is 0 Å². The van der Waals surface area contributed by atoms with Crippen LogP contribution in [0.5, 0.6) is 11.5 Å². The molecule has 2 heterocycles. The van der Waals surface area contributed by atoms with E-state index in [-0.39, 0.29) is 34.8 Å². The molecule has 2 aliphatic rings. The maximum absolute atomic E-state index is 13.2. The molecule has 1 saturated heterocycles. The maximum atomic E-state index is 13.2. The number of amidine groups is 2. The summed E-state index contributed by atoms with van der Waals surface area (Å²) in [4.78, 5) is 13.3. The fraction of sp³-hybridized carbons (Fsp3) is 0.346. The first-order chi connectivity index (χ1) is 18.4. The summed E-state index contributed by atoms with van der Waals surface area (Å²) in [5, 5.41) is 35.2. The molecule has 0 radical (unpaired) electrons. The van der Waals surface area contributed by atoms with Gasteiger partial charge in [0.15, 0.2) is 5.75 Å². The van der Waals surface area contributed by atoms with Crippen LogP contribution in [-0.4, -0.2) is 72.2 Å². The molecule has 0 amide bonds. The second-order valence-corrected chi connectivity index (χ2v) is 11.8. The lowest BCUT2D eigenvalue weighted by molar-refractivity contribution is -0.134. The first-order valence-electron chi connectivity index (χ1n) is 12.2. The zero-order valence-corrected chi connectivity index (χ0v) is 22.8. The van der Waals surface area contributed by atoms with Crippen LogP contribution in [-0.2, 0) is 21.2 Å². The first-order valence-corrected chi connectivity index (χ1v) is 14.2. The highest BCUT2D eigenvalue weighted by Crippen LogP contribution is 2.44. The van der Waals surface area contributed by atoms with Gasteiger partial charge in [-0.1, -0.05) is 23.8 Å². The number of anilines is 1. The fourth-order valence-corrected chi connectivity index (χ4v) is 6.60. The number of hydrogen-bond donors (Lipinski definition) is 5. The minimum Gasteiger partial charge on any atom is -0.507 e. The number of aliphatic carboxylic acids is 1. The van der Waals surface area contributed by atoms with Crippen molar-refractivity contribution in [1.82, 2.24) is 4.90 Å². The number of rotatable bonds is 8. The third-order valence-corrected chi connectivity index (χ3v) is 8.88.